The van der Waals surface area contributed by atoms with Crippen molar-refractivity contribution in [3.05, 3.63) is 76.9 Å². The summed E-state index contributed by atoms with van der Waals surface area (Å²) in [6.07, 6.45) is 1.44. The van der Waals surface area contributed by atoms with E-state index in [-0.39, 0.29) is 15.9 Å². The van der Waals surface area contributed by atoms with Crippen molar-refractivity contribution in [3.63, 3.8) is 0 Å². The van der Waals surface area contributed by atoms with Crippen molar-refractivity contribution in [2.45, 2.75) is 30.8 Å². The molecule has 0 heterocycles. The van der Waals surface area contributed by atoms with Gasteiger partial charge in [-0.15, -0.1) is 0 Å². The molecule has 0 radical (unpaired) electrons. The average molecular weight is 422 g/mol. The number of aryl methyl sites for hydroxylation is 1. The van der Waals surface area contributed by atoms with E-state index in [1.54, 1.807) is 18.2 Å². The first kappa shape index (κ1) is 19.9. The van der Waals surface area contributed by atoms with E-state index in [1.807, 2.05) is 12.2 Å². The summed E-state index contributed by atoms with van der Waals surface area (Å²) in [6, 6.07) is 8.63. The van der Waals surface area contributed by atoms with Gasteiger partial charge in [-0.1, -0.05) is 36.4 Å². The molecule has 0 aromatic heterocycles. The number of rotatable bonds is 4. The summed E-state index contributed by atoms with van der Waals surface area (Å²) in [4.78, 5) is -0.122. The molecule has 29 heavy (non-hydrogen) atoms. The highest BCUT2D eigenvalue weighted by Gasteiger charge is 2.43. The second-order valence-electron chi connectivity index (χ2n) is 7.62. The molecule has 0 atom stereocenters. The summed E-state index contributed by atoms with van der Waals surface area (Å²) in [5.41, 5.74) is 1.98. The molecule has 2 aromatic carbocycles. The van der Waals surface area contributed by atoms with Crippen LogP contribution in [0.1, 0.15) is 35.1 Å². The van der Waals surface area contributed by atoms with Gasteiger partial charge in [0, 0.05) is 5.41 Å². The van der Waals surface area contributed by atoms with E-state index in [1.165, 1.54) is 31.2 Å². The van der Waals surface area contributed by atoms with Gasteiger partial charge >= 0.3 is 6.18 Å². The molecule has 4 rings (SSSR count). The summed E-state index contributed by atoms with van der Waals surface area (Å²) in [5, 5.41) is 0. The molecule has 7 heteroatoms. The smallest absolute Gasteiger partial charge is 0.233 e. The third-order valence-corrected chi connectivity index (χ3v) is 6.78. The average Bonchev–Trinajstić information content (AvgIpc) is 3.32. The molecule has 0 bridgehead atoms. The molecule has 0 unspecified atom stereocenters. The molecular weight excluding hydrogens is 404 g/mol. The van der Waals surface area contributed by atoms with Gasteiger partial charge in [0.1, 0.15) is 0 Å². The lowest BCUT2D eigenvalue weighted by atomic mass is 9.92. The molecule has 2 aliphatic carbocycles. The molecule has 1 saturated carbocycles. The minimum absolute atomic E-state index is 0.122. The van der Waals surface area contributed by atoms with Gasteiger partial charge in [-0.2, -0.15) is 13.2 Å². The van der Waals surface area contributed by atoms with E-state index in [2.05, 4.69) is 0 Å². The van der Waals surface area contributed by atoms with E-state index < -0.39 is 27.6 Å². The molecule has 0 aliphatic heterocycles. The zero-order valence-corrected chi connectivity index (χ0v) is 16.4. The second-order valence-corrected chi connectivity index (χ2v) is 9.54. The maximum absolute atomic E-state index is 13.4. The Bertz CT molecular complexity index is 1140. The maximum atomic E-state index is 13.4. The van der Waals surface area contributed by atoms with Crippen molar-refractivity contribution in [2.75, 3.05) is 6.01 Å². The van der Waals surface area contributed by atoms with Crippen molar-refractivity contribution in [3.8, 4) is 0 Å². The van der Waals surface area contributed by atoms with Gasteiger partial charge in [0.25, 0.3) is 0 Å². The quantitative estimate of drug-likeness (QED) is 0.569. The summed E-state index contributed by atoms with van der Waals surface area (Å²) in [6.45, 7) is 1.43. The lowest BCUT2D eigenvalue weighted by molar-refractivity contribution is -0.138. The SMILES string of the molecule is Cc1ccc(C2=CC3(C=C2c2ccc(S(=O)(=O)CF)cc2)CC3)cc1C(F)(F)F. The number of hydrogen-bond acceptors (Lipinski definition) is 2. The number of allylic oxidation sites excluding steroid dienone is 4. The van der Waals surface area contributed by atoms with Gasteiger partial charge in [0.15, 0.2) is 6.01 Å². The van der Waals surface area contributed by atoms with E-state index in [0.29, 0.717) is 16.7 Å². The molecule has 0 N–H and O–H groups in total. The van der Waals surface area contributed by atoms with Crippen molar-refractivity contribution in [1.29, 1.82) is 0 Å². The van der Waals surface area contributed by atoms with Gasteiger partial charge in [-0.3, -0.25) is 0 Å². The Kier molecular flexibility index (Phi) is 4.49. The molecule has 0 amide bonds. The Morgan fingerprint density at radius 2 is 1.48 bits per heavy atom. The fraction of sp³-hybridized carbons (Fsp3) is 0.273. The van der Waals surface area contributed by atoms with Crippen molar-refractivity contribution in [2.24, 2.45) is 5.41 Å². The van der Waals surface area contributed by atoms with E-state index in [9.17, 15) is 26.0 Å². The highest BCUT2D eigenvalue weighted by atomic mass is 32.2. The first-order chi connectivity index (χ1) is 13.5. The highest BCUT2D eigenvalue weighted by Crippen LogP contribution is 2.58. The largest absolute Gasteiger partial charge is 0.416 e. The summed E-state index contributed by atoms with van der Waals surface area (Å²) < 4.78 is 76.2. The first-order valence-corrected chi connectivity index (χ1v) is 10.7. The third kappa shape index (κ3) is 3.64. The number of sulfone groups is 1. The Hall–Kier alpha value is -2.41. The van der Waals surface area contributed by atoms with Gasteiger partial charge < -0.3 is 0 Å². The van der Waals surface area contributed by atoms with Gasteiger partial charge in [-0.25, -0.2) is 12.8 Å². The van der Waals surface area contributed by atoms with Crippen LogP contribution in [0.2, 0.25) is 0 Å². The fourth-order valence-electron chi connectivity index (χ4n) is 3.68. The van der Waals surface area contributed by atoms with Crippen LogP contribution in [0, 0.1) is 12.3 Å². The standard InChI is InChI=1S/C22H18F4O2S/c1-14-2-3-16(10-20(14)22(24,25)26)19-12-21(8-9-21)11-18(19)15-4-6-17(7-5-15)29(27,28)13-23/h2-7,10-12H,8-9,13H2,1H3. The Morgan fingerprint density at radius 3 is 2.00 bits per heavy atom. The Balaban J connectivity index is 1.77. The molecule has 2 aliphatic rings. The van der Waals surface area contributed by atoms with Crippen LogP contribution in [-0.2, 0) is 16.0 Å². The number of benzene rings is 2. The molecule has 1 spiro atoms. The maximum Gasteiger partial charge on any atom is 0.416 e. The normalized spacial score (nSPS) is 18.0. The summed E-state index contributed by atoms with van der Waals surface area (Å²) >= 11 is 0. The molecule has 152 valence electrons. The van der Waals surface area contributed by atoms with Gasteiger partial charge in [0.05, 0.1) is 10.5 Å². The van der Waals surface area contributed by atoms with Gasteiger partial charge in [-0.05, 0) is 65.8 Å². The minimum Gasteiger partial charge on any atom is -0.233 e. The van der Waals surface area contributed by atoms with E-state index >= 15 is 0 Å². The summed E-state index contributed by atoms with van der Waals surface area (Å²) in [7, 11) is -3.97. The van der Waals surface area contributed by atoms with Crippen LogP contribution < -0.4 is 0 Å². The van der Waals surface area contributed by atoms with Crippen LogP contribution >= 0.6 is 0 Å². The molecular formula is C22H18F4O2S. The van der Waals surface area contributed by atoms with Crippen molar-refractivity contribution < 1.29 is 26.0 Å². The number of hydrogen-bond donors (Lipinski definition) is 0. The first-order valence-electron chi connectivity index (χ1n) is 9.08. The van der Waals surface area contributed by atoms with Crippen LogP contribution in [0.3, 0.4) is 0 Å². The Morgan fingerprint density at radius 1 is 0.931 bits per heavy atom. The lowest BCUT2D eigenvalue weighted by Crippen LogP contribution is -2.08. The summed E-state index contributed by atoms with van der Waals surface area (Å²) in [5.74, 6) is 0. The minimum atomic E-state index is -4.44. The van der Waals surface area contributed by atoms with E-state index in [0.717, 1.165) is 18.4 Å². The zero-order chi connectivity index (χ0) is 21.0. The highest BCUT2D eigenvalue weighted by molar-refractivity contribution is 7.91. The zero-order valence-electron chi connectivity index (χ0n) is 15.6. The lowest BCUT2D eigenvalue weighted by Gasteiger charge is -2.15. The van der Waals surface area contributed by atoms with Crippen LogP contribution in [0.25, 0.3) is 11.1 Å². The van der Waals surface area contributed by atoms with Crippen LogP contribution in [-0.4, -0.2) is 14.4 Å². The monoisotopic (exact) mass is 422 g/mol. The molecule has 1 fully saturated rings. The van der Waals surface area contributed by atoms with Gasteiger partial charge in [0.2, 0.25) is 9.84 Å². The second kappa shape index (κ2) is 6.55. The molecule has 0 saturated heterocycles. The number of alkyl halides is 4. The predicted octanol–water partition coefficient (Wildman–Crippen LogP) is 5.98. The van der Waals surface area contributed by atoms with Crippen LogP contribution in [0.4, 0.5) is 17.6 Å². The fourth-order valence-corrected chi connectivity index (χ4v) is 4.36. The topological polar surface area (TPSA) is 34.1 Å². The number of halogens is 4. The van der Waals surface area contributed by atoms with Crippen LogP contribution in [0.15, 0.2) is 59.5 Å². The Labute approximate surface area is 166 Å². The predicted molar refractivity (Wildman–Crippen MR) is 103 cm³/mol. The molecule has 2 nitrogen and oxygen atoms in total. The van der Waals surface area contributed by atoms with Crippen molar-refractivity contribution >= 4 is 21.0 Å². The molecule has 2 aromatic rings. The van der Waals surface area contributed by atoms with Crippen molar-refractivity contribution in [1.82, 2.24) is 0 Å². The van der Waals surface area contributed by atoms with E-state index in [4.69, 9.17) is 0 Å². The van der Waals surface area contributed by atoms with Crippen LogP contribution in [0.5, 0.6) is 0 Å². The third-order valence-electron chi connectivity index (χ3n) is 5.50.